The van der Waals surface area contributed by atoms with Crippen molar-refractivity contribution in [1.82, 2.24) is 19.8 Å². The van der Waals surface area contributed by atoms with Crippen LogP contribution in [0.25, 0.3) is 10.9 Å². The normalized spacial score (nSPS) is 13.7. The van der Waals surface area contributed by atoms with Gasteiger partial charge in [-0.05, 0) is 54.4 Å². The number of carbonyl (C=O) groups is 2. The first-order valence-electron chi connectivity index (χ1n) is 13.8. The van der Waals surface area contributed by atoms with Crippen molar-refractivity contribution in [1.29, 1.82) is 0 Å². The minimum absolute atomic E-state index is 0.193. The number of amides is 2. The number of ether oxygens (including phenoxy) is 2. The van der Waals surface area contributed by atoms with E-state index in [-0.39, 0.29) is 11.9 Å². The molecule has 2 aromatic heterocycles. The molecule has 2 N–H and O–H groups in total. The Balaban J connectivity index is 1.29. The molecule has 0 spiro atoms. The number of morpholine rings is 1. The van der Waals surface area contributed by atoms with Gasteiger partial charge in [0.05, 0.1) is 25.3 Å². The topological polar surface area (TPSA) is 101 Å². The van der Waals surface area contributed by atoms with Gasteiger partial charge in [0, 0.05) is 81.1 Å². The van der Waals surface area contributed by atoms with Gasteiger partial charge in [0.25, 0.3) is 5.91 Å². The predicted octanol–water partition coefficient (Wildman–Crippen LogP) is 4.14. The minimum atomic E-state index is -0.213. The third kappa shape index (κ3) is 6.91. The lowest BCUT2D eigenvalue weighted by atomic mass is 10.1. The fourth-order valence-electron chi connectivity index (χ4n) is 4.96. The average molecular weight is 557 g/mol. The van der Waals surface area contributed by atoms with Crippen LogP contribution in [0.1, 0.15) is 15.9 Å². The van der Waals surface area contributed by atoms with Crippen molar-refractivity contribution in [3.8, 4) is 0 Å². The molecule has 1 aliphatic heterocycles. The predicted molar refractivity (Wildman–Crippen MR) is 160 cm³/mol. The maximum absolute atomic E-state index is 13.0. The van der Waals surface area contributed by atoms with E-state index in [9.17, 15) is 9.59 Å². The molecule has 214 valence electrons. The Kier molecular flexibility index (Phi) is 9.25. The molecule has 1 fully saturated rings. The second kappa shape index (κ2) is 13.4. The van der Waals surface area contributed by atoms with Crippen molar-refractivity contribution in [3.05, 3.63) is 84.2 Å². The van der Waals surface area contributed by atoms with Gasteiger partial charge < -0.3 is 25.0 Å². The number of methoxy groups -OCH3 is 1. The SMILES string of the molecule is CNC(=O)n1ccc2cc(N(CCOC)c3ccnc(NC(=O)c4ccc(CCN5CCOCC5)cc4)c3)ccc21. The number of rotatable bonds is 10. The molecule has 1 aliphatic rings. The molecule has 0 atom stereocenters. The average Bonchev–Trinajstić information content (AvgIpc) is 3.44. The number of carbonyl (C=O) groups excluding carboxylic acids is 2. The third-order valence-electron chi connectivity index (χ3n) is 7.27. The van der Waals surface area contributed by atoms with Gasteiger partial charge in [0.1, 0.15) is 5.82 Å². The van der Waals surface area contributed by atoms with E-state index in [0.717, 1.165) is 61.5 Å². The number of pyridine rings is 1. The lowest BCUT2D eigenvalue weighted by molar-refractivity contribution is 0.0384. The second-order valence-corrected chi connectivity index (χ2v) is 9.88. The zero-order valence-corrected chi connectivity index (χ0v) is 23.5. The number of nitrogens with zero attached hydrogens (tertiary/aromatic N) is 4. The molecular weight excluding hydrogens is 520 g/mol. The molecule has 0 radical (unpaired) electrons. The number of benzene rings is 2. The fourth-order valence-corrected chi connectivity index (χ4v) is 4.96. The second-order valence-electron chi connectivity index (χ2n) is 9.88. The first-order valence-corrected chi connectivity index (χ1v) is 13.8. The van der Waals surface area contributed by atoms with Crippen LogP contribution in [0.3, 0.4) is 0 Å². The van der Waals surface area contributed by atoms with E-state index in [4.69, 9.17) is 9.47 Å². The number of hydrogen-bond donors (Lipinski definition) is 2. The number of fused-ring (bicyclic) bond motifs is 1. The van der Waals surface area contributed by atoms with E-state index in [0.29, 0.717) is 24.5 Å². The summed E-state index contributed by atoms with van der Waals surface area (Å²) in [5.74, 6) is 0.243. The Bertz CT molecular complexity index is 1480. The van der Waals surface area contributed by atoms with E-state index in [1.54, 1.807) is 31.1 Å². The maximum atomic E-state index is 13.0. The molecular formula is C31H36N6O4. The molecule has 5 rings (SSSR count). The first kappa shape index (κ1) is 28.3. The number of hydrogen-bond acceptors (Lipinski definition) is 7. The Morgan fingerprint density at radius 3 is 2.56 bits per heavy atom. The Labute approximate surface area is 239 Å². The minimum Gasteiger partial charge on any atom is -0.383 e. The van der Waals surface area contributed by atoms with Crippen molar-refractivity contribution in [2.45, 2.75) is 6.42 Å². The van der Waals surface area contributed by atoms with E-state index >= 15 is 0 Å². The van der Waals surface area contributed by atoms with Gasteiger partial charge in [-0.15, -0.1) is 0 Å². The summed E-state index contributed by atoms with van der Waals surface area (Å²) in [5, 5.41) is 6.53. The molecule has 0 unspecified atom stereocenters. The van der Waals surface area contributed by atoms with Crippen molar-refractivity contribution in [2.24, 2.45) is 0 Å². The molecule has 3 heterocycles. The number of aromatic nitrogens is 2. The van der Waals surface area contributed by atoms with Crippen LogP contribution in [-0.2, 0) is 15.9 Å². The highest BCUT2D eigenvalue weighted by molar-refractivity contribution is 6.04. The van der Waals surface area contributed by atoms with Gasteiger partial charge in [-0.3, -0.25) is 14.3 Å². The summed E-state index contributed by atoms with van der Waals surface area (Å²) in [4.78, 5) is 34.1. The van der Waals surface area contributed by atoms with Gasteiger partial charge in [-0.25, -0.2) is 9.78 Å². The van der Waals surface area contributed by atoms with Crippen LogP contribution in [0.5, 0.6) is 0 Å². The number of nitrogens with one attached hydrogen (secondary N) is 2. The molecule has 1 saturated heterocycles. The van der Waals surface area contributed by atoms with Crippen molar-refractivity contribution in [3.63, 3.8) is 0 Å². The molecule has 4 aromatic rings. The Morgan fingerprint density at radius 1 is 1.02 bits per heavy atom. The van der Waals surface area contributed by atoms with E-state index < -0.39 is 0 Å². The summed E-state index contributed by atoms with van der Waals surface area (Å²) in [6, 6.07) is 19.1. The van der Waals surface area contributed by atoms with Gasteiger partial charge in [-0.1, -0.05) is 12.1 Å². The van der Waals surface area contributed by atoms with Gasteiger partial charge in [0.2, 0.25) is 0 Å². The van der Waals surface area contributed by atoms with Crippen molar-refractivity contribution < 1.29 is 19.1 Å². The molecule has 0 bridgehead atoms. The Morgan fingerprint density at radius 2 is 1.80 bits per heavy atom. The van der Waals surface area contributed by atoms with Crippen LogP contribution in [0, 0.1) is 0 Å². The zero-order chi connectivity index (χ0) is 28.6. The van der Waals surface area contributed by atoms with Crippen LogP contribution in [-0.4, -0.2) is 86.5 Å². The summed E-state index contributed by atoms with van der Waals surface area (Å²) in [5.41, 5.74) is 4.38. The molecule has 2 aromatic carbocycles. The largest absolute Gasteiger partial charge is 0.383 e. The van der Waals surface area contributed by atoms with E-state index in [1.165, 1.54) is 5.56 Å². The van der Waals surface area contributed by atoms with Gasteiger partial charge >= 0.3 is 6.03 Å². The summed E-state index contributed by atoms with van der Waals surface area (Å²) in [6.07, 6.45) is 4.37. The number of anilines is 3. The first-order chi connectivity index (χ1) is 20.1. The fraction of sp³-hybridized carbons (Fsp3) is 0.323. The van der Waals surface area contributed by atoms with Gasteiger partial charge in [0.15, 0.2) is 0 Å². The molecule has 0 aliphatic carbocycles. The lowest BCUT2D eigenvalue weighted by Gasteiger charge is -2.26. The molecule has 0 saturated carbocycles. The zero-order valence-electron chi connectivity index (χ0n) is 23.5. The van der Waals surface area contributed by atoms with Crippen molar-refractivity contribution >= 4 is 40.0 Å². The highest BCUT2D eigenvalue weighted by Gasteiger charge is 2.15. The highest BCUT2D eigenvalue weighted by Crippen LogP contribution is 2.30. The summed E-state index contributed by atoms with van der Waals surface area (Å²) in [7, 11) is 3.27. The summed E-state index contributed by atoms with van der Waals surface area (Å²) in [6.45, 7) is 5.59. The highest BCUT2D eigenvalue weighted by atomic mass is 16.5. The van der Waals surface area contributed by atoms with E-state index in [2.05, 4.69) is 25.4 Å². The lowest BCUT2D eigenvalue weighted by Crippen LogP contribution is -2.37. The van der Waals surface area contributed by atoms with Gasteiger partial charge in [-0.2, -0.15) is 0 Å². The third-order valence-corrected chi connectivity index (χ3v) is 7.27. The molecule has 10 nitrogen and oxygen atoms in total. The standard InChI is InChI=1S/C31H36N6O4/c1-32-31(39)37-14-11-25-21-26(7-8-28(25)37)36(17-18-40-2)27-9-12-33-29(22-27)34-30(38)24-5-3-23(4-6-24)10-13-35-15-19-41-20-16-35/h3-9,11-12,14,21-22H,10,13,15-20H2,1-2H3,(H,32,39)(H,33,34,38). The van der Waals surface area contributed by atoms with Crippen LogP contribution >= 0.6 is 0 Å². The van der Waals surface area contributed by atoms with Crippen LogP contribution in [0.4, 0.5) is 22.0 Å². The molecule has 2 amide bonds. The maximum Gasteiger partial charge on any atom is 0.325 e. The Hall–Kier alpha value is -4.25. The van der Waals surface area contributed by atoms with Crippen LogP contribution in [0.15, 0.2) is 73.1 Å². The van der Waals surface area contributed by atoms with Crippen molar-refractivity contribution in [2.75, 3.05) is 70.4 Å². The van der Waals surface area contributed by atoms with Crippen LogP contribution < -0.4 is 15.5 Å². The summed E-state index contributed by atoms with van der Waals surface area (Å²) >= 11 is 0. The molecule has 41 heavy (non-hydrogen) atoms. The smallest absolute Gasteiger partial charge is 0.325 e. The molecule has 10 heteroatoms. The summed E-state index contributed by atoms with van der Waals surface area (Å²) < 4.78 is 12.4. The van der Waals surface area contributed by atoms with Crippen LogP contribution in [0.2, 0.25) is 0 Å². The van der Waals surface area contributed by atoms with E-state index in [1.807, 2.05) is 60.7 Å². The quantitative estimate of drug-likeness (QED) is 0.303. The monoisotopic (exact) mass is 556 g/mol.